The highest BCUT2D eigenvalue weighted by Gasteiger charge is 2.05. The fourth-order valence-electron chi connectivity index (χ4n) is 2.31. The van der Waals surface area contributed by atoms with Crippen molar-refractivity contribution in [2.24, 2.45) is 0 Å². The molecule has 0 aliphatic rings. The molecule has 2 aromatic carbocycles. The largest absolute Gasteiger partial charge is 0.493 e. The second kappa shape index (κ2) is 10.1. The van der Waals surface area contributed by atoms with Crippen LogP contribution in [0.4, 0.5) is 9.18 Å². The van der Waals surface area contributed by atoms with E-state index in [9.17, 15) is 9.18 Å². The Labute approximate surface area is 152 Å². The monoisotopic (exact) mass is 362 g/mol. The number of halogens is 1. The van der Waals surface area contributed by atoms with Crippen molar-refractivity contribution >= 4 is 6.03 Å². The van der Waals surface area contributed by atoms with Gasteiger partial charge in [0.1, 0.15) is 18.2 Å². The Hall–Kier alpha value is -2.96. The molecule has 7 heteroatoms. The zero-order valence-corrected chi connectivity index (χ0v) is 14.9. The number of carbonyl (C=O) groups excluding carboxylic acids is 1. The lowest BCUT2D eigenvalue weighted by Crippen LogP contribution is -2.38. The van der Waals surface area contributed by atoms with Crippen molar-refractivity contribution in [3.05, 3.63) is 53.8 Å². The second-order valence-corrected chi connectivity index (χ2v) is 5.43. The third kappa shape index (κ3) is 6.16. The summed E-state index contributed by atoms with van der Waals surface area (Å²) < 4.78 is 28.8. The van der Waals surface area contributed by atoms with E-state index in [0.29, 0.717) is 36.8 Å². The Bertz CT molecular complexity index is 724. The third-order valence-electron chi connectivity index (χ3n) is 3.60. The summed E-state index contributed by atoms with van der Waals surface area (Å²) in [7, 11) is 3.17. The molecule has 26 heavy (non-hydrogen) atoms. The van der Waals surface area contributed by atoms with Crippen LogP contribution in [0.15, 0.2) is 42.5 Å². The van der Waals surface area contributed by atoms with Gasteiger partial charge in [0.05, 0.1) is 20.8 Å². The van der Waals surface area contributed by atoms with E-state index in [1.165, 1.54) is 12.1 Å². The molecule has 2 amide bonds. The molecule has 2 N–H and O–H groups in total. The molecule has 0 fully saturated rings. The zero-order valence-electron chi connectivity index (χ0n) is 14.9. The first kappa shape index (κ1) is 19.4. The second-order valence-electron chi connectivity index (χ2n) is 5.43. The van der Waals surface area contributed by atoms with Crippen LogP contribution in [0.1, 0.15) is 5.56 Å². The molecule has 0 aromatic heterocycles. The molecule has 140 valence electrons. The number of hydrogen-bond acceptors (Lipinski definition) is 4. The molecule has 0 spiro atoms. The summed E-state index contributed by atoms with van der Waals surface area (Å²) in [6.07, 6.45) is 0.660. The van der Waals surface area contributed by atoms with Gasteiger partial charge in [-0.25, -0.2) is 9.18 Å². The maximum Gasteiger partial charge on any atom is 0.314 e. The predicted octanol–water partition coefficient (Wildman–Crippen LogP) is 2.76. The summed E-state index contributed by atoms with van der Waals surface area (Å²) in [5.74, 6) is 1.40. The van der Waals surface area contributed by atoms with E-state index < -0.39 is 0 Å². The molecule has 0 aliphatic heterocycles. The van der Waals surface area contributed by atoms with E-state index in [1.54, 1.807) is 26.4 Å². The fraction of sp³-hybridized carbons (Fsp3) is 0.316. The van der Waals surface area contributed by atoms with Crippen LogP contribution < -0.4 is 24.8 Å². The van der Waals surface area contributed by atoms with Gasteiger partial charge in [0, 0.05) is 12.6 Å². The first-order valence-electron chi connectivity index (χ1n) is 8.23. The fourth-order valence-corrected chi connectivity index (χ4v) is 2.31. The molecule has 2 aromatic rings. The van der Waals surface area contributed by atoms with Gasteiger partial charge in [-0.1, -0.05) is 12.1 Å². The molecule has 0 bridgehead atoms. The van der Waals surface area contributed by atoms with Crippen LogP contribution in [-0.4, -0.2) is 39.9 Å². The van der Waals surface area contributed by atoms with Gasteiger partial charge in [-0.2, -0.15) is 0 Å². The number of benzene rings is 2. The maximum atomic E-state index is 13.0. The number of ether oxygens (including phenoxy) is 3. The number of urea groups is 1. The molecular weight excluding hydrogens is 339 g/mol. The van der Waals surface area contributed by atoms with Crippen molar-refractivity contribution in [2.45, 2.75) is 6.42 Å². The number of hydrogen-bond donors (Lipinski definition) is 2. The van der Waals surface area contributed by atoms with Gasteiger partial charge >= 0.3 is 6.03 Å². The van der Waals surface area contributed by atoms with Crippen LogP contribution in [0.25, 0.3) is 0 Å². The number of amides is 2. The average Bonchev–Trinajstić information content (AvgIpc) is 2.65. The van der Waals surface area contributed by atoms with Crippen LogP contribution >= 0.6 is 0 Å². The Morgan fingerprint density at radius 3 is 2.50 bits per heavy atom. The number of rotatable bonds is 9. The molecule has 6 nitrogen and oxygen atoms in total. The molecule has 0 unspecified atom stereocenters. The van der Waals surface area contributed by atoms with Gasteiger partial charge in [-0.05, 0) is 36.2 Å². The quantitative estimate of drug-likeness (QED) is 0.673. The van der Waals surface area contributed by atoms with Gasteiger partial charge < -0.3 is 24.8 Å². The number of methoxy groups -OCH3 is 2. The summed E-state index contributed by atoms with van der Waals surface area (Å²) in [5.41, 5.74) is 1.03. The van der Waals surface area contributed by atoms with Crippen molar-refractivity contribution in [3.63, 3.8) is 0 Å². The van der Waals surface area contributed by atoms with Crippen molar-refractivity contribution in [3.8, 4) is 17.2 Å². The van der Waals surface area contributed by atoms with Crippen LogP contribution in [0.2, 0.25) is 0 Å². The smallest absolute Gasteiger partial charge is 0.314 e. The summed E-state index contributed by atoms with van der Waals surface area (Å²) >= 11 is 0. The lowest BCUT2D eigenvalue weighted by atomic mass is 10.1. The summed E-state index contributed by atoms with van der Waals surface area (Å²) in [6, 6.07) is 11.2. The highest BCUT2D eigenvalue weighted by molar-refractivity contribution is 5.73. The van der Waals surface area contributed by atoms with Gasteiger partial charge in [0.25, 0.3) is 0 Å². The molecule has 0 saturated carbocycles. The average molecular weight is 362 g/mol. The molecule has 0 atom stereocenters. The minimum absolute atomic E-state index is 0.257. The minimum atomic E-state index is -0.358. The number of carbonyl (C=O) groups is 1. The Morgan fingerprint density at radius 2 is 1.77 bits per heavy atom. The third-order valence-corrected chi connectivity index (χ3v) is 3.60. The topological polar surface area (TPSA) is 68.8 Å². The van der Waals surface area contributed by atoms with Crippen molar-refractivity contribution in [2.75, 3.05) is 33.9 Å². The van der Waals surface area contributed by atoms with E-state index in [2.05, 4.69) is 10.6 Å². The molecule has 0 radical (unpaired) electrons. The summed E-state index contributed by atoms with van der Waals surface area (Å²) in [5, 5.41) is 5.45. The van der Waals surface area contributed by atoms with Crippen molar-refractivity contribution in [1.29, 1.82) is 0 Å². The Balaban J connectivity index is 1.64. The van der Waals surface area contributed by atoms with Crippen LogP contribution in [0, 0.1) is 5.82 Å². The SMILES string of the molecule is COc1ccc(CCNC(=O)NCCOc2cccc(F)c2)cc1OC. The highest BCUT2D eigenvalue weighted by Crippen LogP contribution is 2.27. The van der Waals surface area contributed by atoms with E-state index in [4.69, 9.17) is 14.2 Å². The Morgan fingerprint density at radius 1 is 1.00 bits per heavy atom. The van der Waals surface area contributed by atoms with E-state index in [-0.39, 0.29) is 18.5 Å². The van der Waals surface area contributed by atoms with Crippen LogP contribution in [0.5, 0.6) is 17.2 Å². The first-order valence-corrected chi connectivity index (χ1v) is 8.23. The predicted molar refractivity (Wildman–Crippen MR) is 96.5 cm³/mol. The lowest BCUT2D eigenvalue weighted by Gasteiger charge is -2.11. The molecular formula is C19H23FN2O4. The van der Waals surface area contributed by atoms with Gasteiger partial charge in [-0.3, -0.25) is 0 Å². The molecule has 0 aliphatic carbocycles. The van der Waals surface area contributed by atoms with Gasteiger partial charge in [0.15, 0.2) is 11.5 Å². The highest BCUT2D eigenvalue weighted by atomic mass is 19.1. The lowest BCUT2D eigenvalue weighted by molar-refractivity contribution is 0.236. The Kier molecular flexibility index (Phi) is 7.54. The molecule has 2 rings (SSSR count). The summed E-state index contributed by atoms with van der Waals surface area (Å²) in [4.78, 5) is 11.7. The normalized spacial score (nSPS) is 10.1. The van der Waals surface area contributed by atoms with Gasteiger partial charge in [0.2, 0.25) is 0 Å². The van der Waals surface area contributed by atoms with E-state index >= 15 is 0 Å². The zero-order chi connectivity index (χ0) is 18.8. The van der Waals surface area contributed by atoms with E-state index in [0.717, 1.165) is 5.56 Å². The van der Waals surface area contributed by atoms with Crippen LogP contribution in [-0.2, 0) is 6.42 Å². The molecule has 0 saturated heterocycles. The summed E-state index contributed by atoms with van der Waals surface area (Å²) in [6.45, 7) is 1.05. The van der Waals surface area contributed by atoms with Crippen molar-refractivity contribution in [1.82, 2.24) is 10.6 Å². The van der Waals surface area contributed by atoms with Crippen molar-refractivity contribution < 1.29 is 23.4 Å². The standard InChI is InChI=1S/C19H23FN2O4/c1-24-17-7-6-14(12-18(17)25-2)8-9-21-19(23)22-10-11-26-16-5-3-4-15(20)13-16/h3-7,12-13H,8-11H2,1-2H3,(H2,21,22,23). The van der Waals surface area contributed by atoms with Crippen LogP contribution in [0.3, 0.4) is 0 Å². The molecule has 0 heterocycles. The maximum absolute atomic E-state index is 13.0. The van der Waals surface area contributed by atoms with Gasteiger partial charge in [-0.15, -0.1) is 0 Å². The minimum Gasteiger partial charge on any atom is -0.493 e. The number of nitrogens with one attached hydrogen (secondary N) is 2. The van der Waals surface area contributed by atoms with E-state index in [1.807, 2.05) is 18.2 Å². The first-order chi connectivity index (χ1) is 12.6.